The molecule has 0 aromatic heterocycles. The maximum Gasteiger partial charge on any atom is 0.243 e. The van der Waals surface area contributed by atoms with E-state index in [1.165, 1.54) is 32.2 Å². The van der Waals surface area contributed by atoms with Crippen LogP contribution >= 0.6 is 0 Å². The van der Waals surface area contributed by atoms with Gasteiger partial charge < -0.3 is 14.8 Å². The van der Waals surface area contributed by atoms with E-state index >= 15 is 0 Å². The molecule has 9 heteroatoms. The summed E-state index contributed by atoms with van der Waals surface area (Å²) in [4.78, 5) is 12.7. The molecule has 0 bridgehead atoms. The van der Waals surface area contributed by atoms with Crippen LogP contribution in [0.25, 0.3) is 0 Å². The highest BCUT2D eigenvalue weighted by atomic mass is 32.2. The number of anilines is 1. The molecule has 30 heavy (non-hydrogen) atoms. The van der Waals surface area contributed by atoms with Crippen LogP contribution in [0.2, 0.25) is 0 Å². The number of nitrogens with one attached hydrogen (secondary N) is 1. The normalized spacial score (nSPS) is 12.4. The quantitative estimate of drug-likeness (QED) is 0.650. The molecule has 1 amide bonds. The number of para-hydroxylation sites is 1. The van der Waals surface area contributed by atoms with Crippen LogP contribution in [0.4, 0.5) is 10.1 Å². The Morgan fingerprint density at radius 3 is 2.37 bits per heavy atom. The lowest BCUT2D eigenvalue weighted by Gasteiger charge is -2.28. The zero-order valence-corrected chi connectivity index (χ0v) is 18.5. The van der Waals surface area contributed by atoms with Gasteiger partial charge in [-0.25, -0.2) is 12.8 Å². The number of carbonyl (C=O) groups is 1. The van der Waals surface area contributed by atoms with Crippen molar-refractivity contribution in [2.75, 3.05) is 17.7 Å². The third-order valence-corrected chi connectivity index (χ3v) is 5.46. The van der Waals surface area contributed by atoms with E-state index in [4.69, 9.17) is 9.47 Å². The van der Waals surface area contributed by atoms with E-state index in [1.54, 1.807) is 18.2 Å². The van der Waals surface area contributed by atoms with Crippen molar-refractivity contribution < 1.29 is 27.1 Å². The lowest BCUT2D eigenvalue weighted by Crippen LogP contribution is -2.48. The predicted octanol–water partition coefficient (Wildman–Crippen LogP) is 3.09. The van der Waals surface area contributed by atoms with E-state index in [2.05, 4.69) is 5.32 Å². The molecule has 2 rings (SSSR count). The lowest BCUT2D eigenvalue weighted by atomic mass is 10.2. The van der Waals surface area contributed by atoms with Gasteiger partial charge in [0.25, 0.3) is 0 Å². The first-order chi connectivity index (χ1) is 14.0. The molecule has 0 spiro atoms. The predicted molar refractivity (Wildman–Crippen MR) is 114 cm³/mol. The van der Waals surface area contributed by atoms with Crippen LogP contribution in [0.15, 0.2) is 42.5 Å². The number of methoxy groups -OCH3 is 1. The van der Waals surface area contributed by atoms with Crippen molar-refractivity contribution in [3.05, 3.63) is 53.8 Å². The Labute approximate surface area is 176 Å². The number of hydrogen-bond donors (Lipinski definition) is 1. The highest BCUT2D eigenvalue weighted by Crippen LogP contribution is 2.29. The molecule has 0 aliphatic heterocycles. The van der Waals surface area contributed by atoms with Gasteiger partial charge in [0.15, 0.2) is 11.5 Å². The maximum atomic E-state index is 14.2. The number of halogens is 1. The molecule has 1 unspecified atom stereocenters. The van der Waals surface area contributed by atoms with Crippen LogP contribution in [0.1, 0.15) is 26.3 Å². The number of benzene rings is 2. The minimum absolute atomic E-state index is 0.0225. The summed E-state index contributed by atoms with van der Waals surface area (Å²) in [5.74, 6) is -0.190. The van der Waals surface area contributed by atoms with Crippen molar-refractivity contribution >= 4 is 21.6 Å². The second kappa shape index (κ2) is 9.80. The summed E-state index contributed by atoms with van der Waals surface area (Å²) in [5.41, 5.74) is 0.555. The molecule has 0 heterocycles. The fourth-order valence-corrected chi connectivity index (χ4v) is 4.10. The average Bonchev–Trinajstić information content (AvgIpc) is 2.67. The minimum atomic E-state index is -3.90. The second-order valence-electron chi connectivity index (χ2n) is 7.06. The number of rotatable bonds is 9. The summed E-state index contributed by atoms with van der Waals surface area (Å²) < 4.78 is 50.5. The molecule has 0 fully saturated rings. The summed E-state index contributed by atoms with van der Waals surface area (Å²) in [6.07, 6.45) is 0.910. The first-order valence-corrected chi connectivity index (χ1v) is 11.2. The number of carbonyl (C=O) groups excluding carboxylic acids is 1. The molecule has 0 radical (unpaired) electrons. The molecular formula is C21H27FN2O5S. The van der Waals surface area contributed by atoms with E-state index in [0.717, 1.165) is 22.2 Å². The van der Waals surface area contributed by atoms with Crippen LogP contribution in [0.3, 0.4) is 0 Å². The molecule has 0 saturated carbocycles. The Morgan fingerprint density at radius 1 is 1.13 bits per heavy atom. The van der Waals surface area contributed by atoms with E-state index in [0.29, 0.717) is 11.5 Å². The third kappa shape index (κ3) is 5.85. The zero-order chi connectivity index (χ0) is 22.5. The van der Waals surface area contributed by atoms with Crippen LogP contribution < -0.4 is 19.1 Å². The molecule has 1 atom stereocenters. The molecule has 2 aromatic rings. The Hall–Kier alpha value is -2.81. The fourth-order valence-electron chi connectivity index (χ4n) is 2.92. The topological polar surface area (TPSA) is 84.9 Å². The average molecular weight is 439 g/mol. The number of sulfonamides is 1. The summed E-state index contributed by atoms with van der Waals surface area (Å²) in [6, 6.07) is 9.51. The van der Waals surface area contributed by atoms with Crippen molar-refractivity contribution in [2.45, 2.75) is 39.5 Å². The van der Waals surface area contributed by atoms with Gasteiger partial charge in [-0.1, -0.05) is 18.2 Å². The molecule has 2 aromatic carbocycles. The van der Waals surface area contributed by atoms with Gasteiger partial charge in [0.05, 0.1) is 25.2 Å². The summed E-state index contributed by atoms with van der Waals surface area (Å²) >= 11 is 0. The Bertz CT molecular complexity index is 995. The van der Waals surface area contributed by atoms with Crippen LogP contribution in [-0.2, 0) is 21.4 Å². The van der Waals surface area contributed by atoms with Crippen molar-refractivity contribution in [2.24, 2.45) is 0 Å². The van der Waals surface area contributed by atoms with E-state index in [-0.39, 0.29) is 18.3 Å². The number of ether oxygens (including phenoxy) is 2. The first-order valence-electron chi connectivity index (χ1n) is 9.39. The van der Waals surface area contributed by atoms with Gasteiger partial charge in [-0.15, -0.1) is 0 Å². The number of amides is 1. The van der Waals surface area contributed by atoms with E-state index in [9.17, 15) is 17.6 Å². The van der Waals surface area contributed by atoms with Crippen LogP contribution in [-0.4, -0.2) is 39.8 Å². The van der Waals surface area contributed by atoms with Gasteiger partial charge in [0.2, 0.25) is 15.9 Å². The van der Waals surface area contributed by atoms with Crippen LogP contribution in [0.5, 0.6) is 11.5 Å². The summed E-state index contributed by atoms with van der Waals surface area (Å²) in [5, 5.41) is 2.69. The monoisotopic (exact) mass is 438 g/mol. The molecule has 7 nitrogen and oxygen atoms in total. The summed E-state index contributed by atoms with van der Waals surface area (Å²) in [7, 11) is -2.38. The van der Waals surface area contributed by atoms with E-state index < -0.39 is 27.8 Å². The Kier molecular flexibility index (Phi) is 7.66. The minimum Gasteiger partial charge on any atom is -0.493 e. The van der Waals surface area contributed by atoms with Gasteiger partial charge in [-0.2, -0.15) is 0 Å². The molecule has 0 aliphatic carbocycles. The highest BCUT2D eigenvalue weighted by molar-refractivity contribution is 7.92. The lowest BCUT2D eigenvalue weighted by molar-refractivity contribution is -0.122. The molecule has 0 aliphatic rings. The third-order valence-electron chi connectivity index (χ3n) is 4.24. The molecule has 1 N–H and O–H groups in total. The van der Waals surface area contributed by atoms with Crippen molar-refractivity contribution in [3.8, 4) is 11.5 Å². The molecule has 0 saturated heterocycles. The highest BCUT2D eigenvalue weighted by Gasteiger charge is 2.30. The van der Waals surface area contributed by atoms with Crippen molar-refractivity contribution in [1.29, 1.82) is 0 Å². The second-order valence-corrected chi connectivity index (χ2v) is 8.92. The van der Waals surface area contributed by atoms with Crippen molar-refractivity contribution in [1.82, 2.24) is 5.32 Å². The number of hydrogen-bond acceptors (Lipinski definition) is 5. The summed E-state index contributed by atoms with van der Waals surface area (Å²) in [6.45, 7) is 5.34. The van der Waals surface area contributed by atoms with Crippen LogP contribution in [0, 0.1) is 5.82 Å². The SMILES string of the molecule is COc1cc(CNC(=O)C(C)N(c2ccccc2F)S(C)(=O)=O)ccc1OC(C)C. The van der Waals surface area contributed by atoms with Gasteiger partial charge >= 0.3 is 0 Å². The first kappa shape index (κ1) is 23.5. The molecular weight excluding hydrogens is 411 g/mol. The van der Waals surface area contributed by atoms with E-state index in [1.807, 2.05) is 13.8 Å². The smallest absolute Gasteiger partial charge is 0.243 e. The van der Waals surface area contributed by atoms with Gasteiger partial charge in [0.1, 0.15) is 11.9 Å². The van der Waals surface area contributed by atoms with Crippen molar-refractivity contribution in [3.63, 3.8) is 0 Å². The molecule has 164 valence electrons. The zero-order valence-electron chi connectivity index (χ0n) is 17.7. The van der Waals surface area contributed by atoms with Gasteiger partial charge in [0, 0.05) is 6.54 Å². The fraction of sp³-hybridized carbons (Fsp3) is 0.381. The Morgan fingerprint density at radius 2 is 1.80 bits per heavy atom. The number of nitrogens with zero attached hydrogens (tertiary/aromatic N) is 1. The Balaban J connectivity index is 2.17. The largest absolute Gasteiger partial charge is 0.493 e. The van der Waals surface area contributed by atoms with Gasteiger partial charge in [-0.05, 0) is 50.6 Å². The maximum absolute atomic E-state index is 14.2. The standard InChI is InChI=1S/C21H27FN2O5S/c1-14(2)29-19-11-10-16(12-20(19)28-4)13-23-21(25)15(3)24(30(5,26)27)18-9-7-6-8-17(18)22/h6-12,14-15H,13H2,1-5H3,(H,23,25). The van der Waals surface area contributed by atoms with Gasteiger partial charge in [-0.3, -0.25) is 9.10 Å².